The van der Waals surface area contributed by atoms with E-state index in [1.54, 1.807) is 22.9 Å². The van der Waals surface area contributed by atoms with Crippen molar-refractivity contribution in [3.8, 4) is 0 Å². The van der Waals surface area contributed by atoms with Crippen LogP contribution in [-0.2, 0) is 6.54 Å². The van der Waals surface area contributed by atoms with Crippen molar-refractivity contribution in [3.05, 3.63) is 98.5 Å². The largest absolute Gasteiger partial charge is 0.321 e. The van der Waals surface area contributed by atoms with Gasteiger partial charge in [0.2, 0.25) is 0 Å². The molecule has 0 bridgehead atoms. The lowest BCUT2D eigenvalue weighted by atomic mass is 10.0. The zero-order chi connectivity index (χ0) is 19.6. The molecule has 1 heterocycles. The molecule has 0 unspecified atom stereocenters. The maximum absolute atomic E-state index is 12.8. The highest BCUT2D eigenvalue weighted by Gasteiger charge is 2.15. The molecule has 1 amide bonds. The molecule has 2 aromatic carbocycles. The Balaban J connectivity index is 1.89. The summed E-state index contributed by atoms with van der Waals surface area (Å²) in [6, 6.07) is 15.3. The smallest absolute Gasteiger partial charge is 0.263 e. The Labute approximate surface area is 159 Å². The van der Waals surface area contributed by atoms with E-state index in [4.69, 9.17) is 0 Å². The van der Waals surface area contributed by atoms with Gasteiger partial charge in [-0.05, 0) is 56.5 Å². The fourth-order valence-electron chi connectivity index (χ4n) is 3.40. The Hall–Kier alpha value is -3.14. The molecule has 3 aromatic rings. The zero-order valence-electron chi connectivity index (χ0n) is 16.2. The number of amides is 1. The fourth-order valence-corrected chi connectivity index (χ4v) is 3.40. The summed E-state index contributed by atoms with van der Waals surface area (Å²) in [6.45, 7) is 8.38. The Bertz CT molecular complexity index is 1040. The Morgan fingerprint density at radius 1 is 0.926 bits per heavy atom. The second kappa shape index (κ2) is 7.62. The average Bonchev–Trinajstić information content (AvgIpc) is 2.60. The monoisotopic (exact) mass is 360 g/mol. The quantitative estimate of drug-likeness (QED) is 0.750. The number of hydrogen-bond donors (Lipinski definition) is 1. The Morgan fingerprint density at radius 2 is 1.63 bits per heavy atom. The third-order valence-electron chi connectivity index (χ3n) is 4.62. The number of nitrogens with zero attached hydrogens (tertiary/aromatic N) is 1. The van der Waals surface area contributed by atoms with Crippen molar-refractivity contribution in [3.63, 3.8) is 0 Å². The number of hydrogen-bond acceptors (Lipinski definition) is 2. The van der Waals surface area contributed by atoms with E-state index in [9.17, 15) is 9.59 Å². The van der Waals surface area contributed by atoms with E-state index in [-0.39, 0.29) is 17.0 Å². The molecule has 0 saturated heterocycles. The SMILES string of the molecule is Cc1cccc(Cn2cccc(C(=O)Nc3c(C)cc(C)cc3C)c2=O)c1. The van der Waals surface area contributed by atoms with Crippen molar-refractivity contribution in [2.24, 2.45) is 0 Å². The average molecular weight is 360 g/mol. The number of pyridine rings is 1. The number of aryl methyl sites for hydroxylation is 4. The van der Waals surface area contributed by atoms with Crippen molar-refractivity contribution in [2.75, 3.05) is 5.32 Å². The van der Waals surface area contributed by atoms with Gasteiger partial charge in [-0.2, -0.15) is 0 Å². The lowest BCUT2D eigenvalue weighted by Crippen LogP contribution is -2.29. The van der Waals surface area contributed by atoms with Gasteiger partial charge in [0.1, 0.15) is 5.56 Å². The molecule has 0 radical (unpaired) electrons. The van der Waals surface area contributed by atoms with Crippen LogP contribution in [0.1, 0.15) is 38.2 Å². The topological polar surface area (TPSA) is 51.1 Å². The number of carbonyl (C=O) groups excluding carboxylic acids is 1. The molecular formula is C23H24N2O2. The highest BCUT2D eigenvalue weighted by atomic mass is 16.2. The third-order valence-corrected chi connectivity index (χ3v) is 4.62. The first kappa shape index (κ1) is 18.6. The number of benzene rings is 2. The van der Waals surface area contributed by atoms with Crippen molar-refractivity contribution in [1.29, 1.82) is 0 Å². The van der Waals surface area contributed by atoms with Crippen LogP contribution in [-0.4, -0.2) is 10.5 Å². The van der Waals surface area contributed by atoms with Gasteiger partial charge in [-0.3, -0.25) is 9.59 Å². The first-order valence-electron chi connectivity index (χ1n) is 8.99. The molecule has 0 atom stereocenters. The number of nitrogens with one attached hydrogen (secondary N) is 1. The molecule has 138 valence electrons. The number of carbonyl (C=O) groups is 1. The first-order chi connectivity index (χ1) is 12.8. The fraction of sp³-hybridized carbons (Fsp3) is 0.217. The third kappa shape index (κ3) is 4.17. The Morgan fingerprint density at radius 3 is 2.30 bits per heavy atom. The minimum atomic E-state index is -0.381. The maximum Gasteiger partial charge on any atom is 0.263 e. The van der Waals surface area contributed by atoms with Crippen LogP contribution in [0.3, 0.4) is 0 Å². The highest BCUT2D eigenvalue weighted by molar-refractivity contribution is 6.04. The van der Waals surface area contributed by atoms with Gasteiger partial charge in [0, 0.05) is 11.9 Å². The number of rotatable bonds is 4. The summed E-state index contributed by atoms with van der Waals surface area (Å²) < 4.78 is 1.57. The lowest BCUT2D eigenvalue weighted by molar-refractivity contribution is 0.102. The predicted octanol–water partition coefficient (Wildman–Crippen LogP) is 4.38. The van der Waals surface area contributed by atoms with Crippen LogP contribution in [0.5, 0.6) is 0 Å². The van der Waals surface area contributed by atoms with E-state index in [1.807, 2.05) is 64.1 Å². The van der Waals surface area contributed by atoms with Crippen molar-refractivity contribution >= 4 is 11.6 Å². The molecule has 27 heavy (non-hydrogen) atoms. The highest BCUT2D eigenvalue weighted by Crippen LogP contribution is 2.22. The molecule has 1 N–H and O–H groups in total. The van der Waals surface area contributed by atoms with E-state index in [1.165, 1.54) is 0 Å². The van der Waals surface area contributed by atoms with Crippen molar-refractivity contribution in [1.82, 2.24) is 4.57 Å². The van der Waals surface area contributed by atoms with Gasteiger partial charge in [-0.25, -0.2) is 0 Å². The van der Waals surface area contributed by atoms with Gasteiger partial charge in [-0.1, -0.05) is 47.5 Å². The zero-order valence-corrected chi connectivity index (χ0v) is 16.2. The molecule has 4 heteroatoms. The molecule has 1 aromatic heterocycles. The number of aromatic nitrogens is 1. The molecule has 0 aliphatic rings. The summed E-state index contributed by atoms with van der Waals surface area (Å²) in [5, 5.41) is 2.91. The second-order valence-electron chi connectivity index (χ2n) is 7.07. The minimum Gasteiger partial charge on any atom is -0.321 e. The predicted molar refractivity (Wildman–Crippen MR) is 110 cm³/mol. The molecule has 0 saturated carbocycles. The van der Waals surface area contributed by atoms with E-state index >= 15 is 0 Å². The van der Waals surface area contributed by atoms with Gasteiger partial charge >= 0.3 is 0 Å². The van der Waals surface area contributed by atoms with Crippen molar-refractivity contribution in [2.45, 2.75) is 34.2 Å². The van der Waals surface area contributed by atoms with Crippen molar-refractivity contribution < 1.29 is 4.79 Å². The molecule has 0 fully saturated rings. The maximum atomic E-state index is 12.8. The molecule has 0 spiro atoms. The summed E-state index contributed by atoms with van der Waals surface area (Å²) in [4.78, 5) is 25.6. The molecule has 0 aliphatic heterocycles. The van der Waals surface area contributed by atoms with Crippen LogP contribution in [0, 0.1) is 27.7 Å². The van der Waals surface area contributed by atoms with Crippen LogP contribution < -0.4 is 10.9 Å². The summed E-state index contributed by atoms with van der Waals surface area (Å²) in [7, 11) is 0. The normalized spacial score (nSPS) is 10.7. The molecule has 4 nitrogen and oxygen atoms in total. The van der Waals surface area contributed by atoms with Gasteiger partial charge in [-0.15, -0.1) is 0 Å². The van der Waals surface area contributed by atoms with Crippen LogP contribution in [0.25, 0.3) is 0 Å². The minimum absolute atomic E-state index is 0.143. The standard InChI is InChI=1S/C23H24N2O2/c1-15-7-5-8-19(13-15)14-25-10-6-9-20(23(25)27)22(26)24-21-17(3)11-16(2)12-18(21)4/h5-13H,14H2,1-4H3,(H,24,26). The van der Waals surface area contributed by atoms with Crippen LogP contribution >= 0.6 is 0 Å². The molecule has 3 rings (SSSR count). The molecular weight excluding hydrogens is 336 g/mol. The van der Waals surface area contributed by atoms with Crippen LogP contribution in [0.2, 0.25) is 0 Å². The summed E-state index contributed by atoms with van der Waals surface area (Å²) in [6.07, 6.45) is 1.71. The molecule has 0 aliphatic carbocycles. The summed E-state index contributed by atoms with van der Waals surface area (Å²) in [5.41, 5.74) is 5.89. The first-order valence-corrected chi connectivity index (χ1v) is 8.99. The van der Waals surface area contributed by atoms with Gasteiger partial charge in [0.15, 0.2) is 0 Å². The lowest BCUT2D eigenvalue weighted by Gasteiger charge is -2.13. The van der Waals surface area contributed by atoms with Gasteiger partial charge < -0.3 is 9.88 Å². The summed E-state index contributed by atoms with van der Waals surface area (Å²) in [5.74, 6) is -0.381. The Kier molecular flexibility index (Phi) is 5.26. The van der Waals surface area contributed by atoms with Crippen LogP contribution in [0.4, 0.5) is 5.69 Å². The van der Waals surface area contributed by atoms with Gasteiger partial charge in [0.25, 0.3) is 11.5 Å². The number of anilines is 1. The van der Waals surface area contributed by atoms with E-state index in [0.29, 0.717) is 6.54 Å². The summed E-state index contributed by atoms with van der Waals surface area (Å²) >= 11 is 0. The van der Waals surface area contributed by atoms with Crippen LogP contribution in [0.15, 0.2) is 59.5 Å². The van der Waals surface area contributed by atoms with E-state index in [0.717, 1.165) is 33.5 Å². The van der Waals surface area contributed by atoms with E-state index < -0.39 is 0 Å². The van der Waals surface area contributed by atoms with Gasteiger partial charge in [0.05, 0.1) is 6.54 Å². The second-order valence-corrected chi connectivity index (χ2v) is 7.07. The van der Waals surface area contributed by atoms with E-state index in [2.05, 4.69) is 5.32 Å².